The van der Waals surface area contributed by atoms with Crippen molar-refractivity contribution in [1.82, 2.24) is 4.90 Å². The number of nitrogens with zero attached hydrogens (tertiary/aromatic N) is 1. The summed E-state index contributed by atoms with van der Waals surface area (Å²) < 4.78 is 0. The Morgan fingerprint density at radius 1 is 1.09 bits per heavy atom. The summed E-state index contributed by atoms with van der Waals surface area (Å²) >= 11 is 6.11. The number of piperidine rings is 1. The van der Waals surface area contributed by atoms with Crippen LogP contribution in [-0.4, -0.2) is 30.6 Å². The van der Waals surface area contributed by atoms with Crippen molar-refractivity contribution in [3.63, 3.8) is 0 Å². The van der Waals surface area contributed by atoms with E-state index >= 15 is 0 Å². The lowest BCUT2D eigenvalue weighted by Crippen LogP contribution is -2.49. The van der Waals surface area contributed by atoms with Crippen molar-refractivity contribution in [1.29, 1.82) is 0 Å². The van der Waals surface area contributed by atoms with Gasteiger partial charge in [0.2, 0.25) is 0 Å². The third kappa shape index (κ3) is 4.71. The van der Waals surface area contributed by atoms with Crippen molar-refractivity contribution in [3.8, 4) is 0 Å². The van der Waals surface area contributed by atoms with Crippen LogP contribution >= 0.6 is 11.6 Å². The molecular weight excluding hydrogens is 292 g/mol. The molecule has 1 heterocycles. The van der Waals surface area contributed by atoms with Gasteiger partial charge in [-0.1, -0.05) is 43.0 Å². The van der Waals surface area contributed by atoms with Crippen LogP contribution in [0.5, 0.6) is 0 Å². The second kappa shape index (κ2) is 7.81. The second-order valence-electron chi connectivity index (χ2n) is 7.42. The summed E-state index contributed by atoms with van der Waals surface area (Å²) in [5.41, 5.74) is 7.69. The van der Waals surface area contributed by atoms with Crippen molar-refractivity contribution in [3.05, 3.63) is 34.9 Å². The van der Waals surface area contributed by atoms with Crippen molar-refractivity contribution < 1.29 is 0 Å². The van der Waals surface area contributed by atoms with E-state index in [1.165, 1.54) is 50.8 Å². The fourth-order valence-electron chi connectivity index (χ4n) is 4.38. The molecule has 1 saturated heterocycles. The Kier molecular flexibility index (Phi) is 5.78. The van der Waals surface area contributed by atoms with Crippen LogP contribution in [0.2, 0.25) is 5.02 Å². The molecule has 1 aliphatic heterocycles. The highest BCUT2D eigenvalue weighted by Crippen LogP contribution is 2.27. The molecule has 1 aliphatic carbocycles. The van der Waals surface area contributed by atoms with E-state index in [0.29, 0.717) is 12.0 Å². The van der Waals surface area contributed by atoms with Crippen molar-refractivity contribution in [2.24, 2.45) is 17.6 Å². The normalized spacial score (nSPS) is 27.9. The number of halogens is 1. The third-order valence-electron chi connectivity index (χ3n) is 5.30. The zero-order chi connectivity index (χ0) is 15.4. The van der Waals surface area contributed by atoms with Crippen molar-refractivity contribution >= 4 is 11.6 Å². The molecule has 0 aromatic heterocycles. The standard InChI is InChI=1S/C19H29ClN2/c20-18-8-4-7-16(10-18)9-17-11-19(21)14-22(13-17)12-15-5-2-1-3-6-15/h4,7-8,10,15,17,19H,1-3,5-6,9,11-14,21H2. The molecule has 0 amide bonds. The Labute approximate surface area is 140 Å². The van der Waals surface area contributed by atoms with Crippen LogP contribution in [0.1, 0.15) is 44.1 Å². The van der Waals surface area contributed by atoms with Gasteiger partial charge in [0.25, 0.3) is 0 Å². The minimum Gasteiger partial charge on any atom is -0.327 e. The van der Waals surface area contributed by atoms with Gasteiger partial charge in [-0.3, -0.25) is 0 Å². The Bertz CT molecular complexity index is 470. The summed E-state index contributed by atoms with van der Waals surface area (Å²) in [4.78, 5) is 2.64. The monoisotopic (exact) mass is 320 g/mol. The van der Waals surface area contributed by atoms with Gasteiger partial charge in [0.05, 0.1) is 0 Å². The molecule has 0 spiro atoms. The van der Waals surface area contributed by atoms with Gasteiger partial charge in [0.15, 0.2) is 0 Å². The van der Waals surface area contributed by atoms with Crippen molar-refractivity contribution in [2.75, 3.05) is 19.6 Å². The maximum absolute atomic E-state index is 6.34. The Morgan fingerprint density at radius 3 is 2.68 bits per heavy atom. The summed E-state index contributed by atoms with van der Waals surface area (Å²) in [5.74, 6) is 1.58. The van der Waals surface area contributed by atoms with E-state index in [4.69, 9.17) is 17.3 Å². The smallest absolute Gasteiger partial charge is 0.0408 e. The van der Waals surface area contributed by atoms with E-state index in [9.17, 15) is 0 Å². The molecule has 1 aromatic carbocycles. The number of nitrogens with two attached hydrogens (primary N) is 1. The first-order chi connectivity index (χ1) is 10.7. The van der Waals surface area contributed by atoms with Gasteiger partial charge in [-0.25, -0.2) is 0 Å². The van der Waals surface area contributed by atoms with Crippen LogP contribution in [0, 0.1) is 11.8 Å². The first-order valence-electron chi connectivity index (χ1n) is 8.91. The van der Waals surface area contributed by atoms with Gasteiger partial charge in [0, 0.05) is 30.7 Å². The molecule has 0 bridgehead atoms. The van der Waals surface area contributed by atoms with E-state index < -0.39 is 0 Å². The van der Waals surface area contributed by atoms with Crippen LogP contribution in [0.4, 0.5) is 0 Å². The minimum atomic E-state index is 0.335. The van der Waals surface area contributed by atoms with Crippen LogP contribution < -0.4 is 5.73 Å². The zero-order valence-electron chi connectivity index (χ0n) is 13.5. The topological polar surface area (TPSA) is 29.3 Å². The third-order valence-corrected chi connectivity index (χ3v) is 5.53. The van der Waals surface area contributed by atoms with Gasteiger partial charge >= 0.3 is 0 Å². The predicted molar refractivity (Wildman–Crippen MR) is 94.3 cm³/mol. The van der Waals surface area contributed by atoms with E-state index in [-0.39, 0.29) is 0 Å². The van der Waals surface area contributed by atoms with Crippen LogP contribution in [-0.2, 0) is 6.42 Å². The molecular formula is C19H29ClN2. The number of benzene rings is 1. The zero-order valence-corrected chi connectivity index (χ0v) is 14.3. The molecule has 1 saturated carbocycles. The quantitative estimate of drug-likeness (QED) is 0.904. The molecule has 3 rings (SSSR count). The molecule has 2 N–H and O–H groups in total. The van der Waals surface area contributed by atoms with E-state index in [2.05, 4.69) is 23.1 Å². The summed E-state index contributed by atoms with van der Waals surface area (Å²) in [7, 11) is 0. The second-order valence-corrected chi connectivity index (χ2v) is 7.85. The van der Waals surface area contributed by atoms with Gasteiger partial charge in [-0.05, 0) is 55.2 Å². The summed E-state index contributed by atoms with van der Waals surface area (Å²) in [5, 5.41) is 0.844. The largest absolute Gasteiger partial charge is 0.327 e. The molecule has 2 atom stereocenters. The molecule has 2 unspecified atom stereocenters. The molecule has 122 valence electrons. The number of rotatable bonds is 4. The molecule has 2 fully saturated rings. The molecule has 0 radical (unpaired) electrons. The Hall–Kier alpha value is -0.570. The fraction of sp³-hybridized carbons (Fsp3) is 0.684. The Balaban J connectivity index is 1.55. The first-order valence-corrected chi connectivity index (χ1v) is 9.29. The number of likely N-dealkylation sites (tertiary alicyclic amines) is 1. The predicted octanol–water partition coefficient (Wildman–Crippen LogP) is 4.11. The average molecular weight is 321 g/mol. The Morgan fingerprint density at radius 2 is 1.91 bits per heavy atom. The van der Waals surface area contributed by atoms with Gasteiger partial charge in [0.1, 0.15) is 0 Å². The molecule has 2 nitrogen and oxygen atoms in total. The average Bonchev–Trinajstić information content (AvgIpc) is 2.47. The summed E-state index contributed by atoms with van der Waals surface area (Å²) in [6.07, 6.45) is 9.39. The maximum Gasteiger partial charge on any atom is 0.0408 e. The van der Waals surface area contributed by atoms with Crippen LogP contribution in [0.25, 0.3) is 0 Å². The van der Waals surface area contributed by atoms with Gasteiger partial charge < -0.3 is 10.6 Å². The number of hydrogen-bond donors (Lipinski definition) is 1. The lowest BCUT2D eigenvalue weighted by atomic mass is 9.86. The highest BCUT2D eigenvalue weighted by Gasteiger charge is 2.27. The summed E-state index contributed by atoms with van der Waals surface area (Å²) in [6, 6.07) is 8.64. The minimum absolute atomic E-state index is 0.335. The molecule has 1 aromatic rings. The fourth-order valence-corrected chi connectivity index (χ4v) is 4.59. The maximum atomic E-state index is 6.34. The highest BCUT2D eigenvalue weighted by atomic mass is 35.5. The summed E-state index contributed by atoms with van der Waals surface area (Å²) in [6.45, 7) is 3.55. The van der Waals surface area contributed by atoms with Gasteiger partial charge in [-0.15, -0.1) is 0 Å². The van der Waals surface area contributed by atoms with Crippen molar-refractivity contribution in [2.45, 2.75) is 51.0 Å². The van der Waals surface area contributed by atoms with Crippen LogP contribution in [0.3, 0.4) is 0 Å². The molecule has 2 aliphatic rings. The van der Waals surface area contributed by atoms with E-state index in [0.717, 1.165) is 30.3 Å². The van der Waals surface area contributed by atoms with E-state index in [1.54, 1.807) is 0 Å². The molecule has 22 heavy (non-hydrogen) atoms. The van der Waals surface area contributed by atoms with E-state index in [1.807, 2.05) is 6.07 Å². The molecule has 3 heteroatoms. The highest BCUT2D eigenvalue weighted by molar-refractivity contribution is 6.30. The van der Waals surface area contributed by atoms with Crippen LogP contribution in [0.15, 0.2) is 24.3 Å². The number of hydrogen-bond acceptors (Lipinski definition) is 2. The first kappa shape index (κ1) is 16.3. The SMILES string of the molecule is NC1CC(Cc2cccc(Cl)c2)CN(CC2CCCCC2)C1. The van der Waals surface area contributed by atoms with Gasteiger partial charge in [-0.2, -0.15) is 0 Å². The lowest BCUT2D eigenvalue weighted by molar-refractivity contribution is 0.124. The lowest BCUT2D eigenvalue weighted by Gasteiger charge is -2.39.